The van der Waals surface area contributed by atoms with Crippen molar-refractivity contribution < 1.29 is 14.4 Å². The number of carbonyl (C=O) groups excluding carboxylic acids is 1. The van der Waals surface area contributed by atoms with E-state index >= 15 is 0 Å². The van der Waals surface area contributed by atoms with Crippen LogP contribution in [0, 0.1) is 0 Å². The van der Waals surface area contributed by atoms with Crippen molar-refractivity contribution >= 4 is 11.6 Å². The van der Waals surface area contributed by atoms with E-state index in [4.69, 9.17) is 9.57 Å². The van der Waals surface area contributed by atoms with Crippen molar-refractivity contribution in [1.82, 2.24) is 9.80 Å². The first-order chi connectivity index (χ1) is 16.7. The van der Waals surface area contributed by atoms with Crippen molar-refractivity contribution in [3.8, 4) is 5.75 Å². The van der Waals surface area contributed by atoms with Gasteiger partial charge in [-0.2, -0.15) is 0 Å². The molecule has 2 heterocycles. The third-order valence-electron chi connectivity index (χ3n) is 6.58. The summed E-state index contributed by atoms with van der Waals surface area (Å²) in [5.74, 6) is 0.740. The Kier molecular flexibility index (Phi) is 6.58. The van der Waals surface area contributed by atoms with Crippen LogP contribution in [0.3, 0.4) is 0 Å². The normalized spacial score (nSPS) is 18.5. The number of oxime groups is 1. The molecule has 6 nitrogen and oxygen atoms in total. The third kappa shape index (κ3) is 4.54. The highest BCUT2D eigenvalue weighted by Crippen LogP contribution is 2.30. The van der Waals surface area contributed by atoms with E-state index < -0.39 is 6.10 Å². The van der Waals surface area contributed by atoms with Gasteiger partial charge in [0, 0.05) is 38.2 Å². The van der Waals surface area contributed by atoms with Crippen LogP contribution in [0.25, 0.3) is 0 Å². The molecular formula is C28H29N3O3. The average Bonchev–Trinajstić information content (AvgIpc) is 3.40. The Morgan fingerprint density at radius 3 is 2.09 bits per heavy atom. The minimum absolute atomic E-state index is 0.00395. The Balaban J connectivity index is 1.24. The van der Waals surface area contributed by atoms with E-state index in [0.29, 0.717) is 19.5 Å². The monoisotopic (exact) mass is 455 g/mol. The zero-order valence-electron chi connectivity index (χ0n) is 19.3. The summed E-state index contributed by atoms with van der Waals surface area (Å²) < 4.78 is 5.44. The van der Waals surface area contributed by atoms with Crippen LogP contribution in [0.1, 0.15) is 29.2 Å². The number of nitrogens with zero attached hydrogens (tertiary/aromatic N) is 3. The lowest BCUT2D eigenvalue weighted by molar-refractivity contribution is -0.144. The fourth-order valence-corrected chi connectivity index (χ4v) is 4.84. The Hall–Kier alpha value is -3.64. The van der Waals surface area contributed by atoms with E-state index in [0.717, 1.165) is 30.1 Å². The van der Waals surface area contributed by atoms with E-state index in [2.05, 4.69) is 58.6 Å². The van der Waals surface area contributed by atoms with Gasteiger partial charge in [0.05, 0.1) is 18.9 Å². The smallest absolute Gasteiger partial charge is 0.266 e. The zero-order valence-corrected chi connectivity index (χ0v) is 19.3. The zero-order chi connectivity index (χ0) is 23.3. The summed E-state index contributed by atoms with van der Waals surface area (Å²) in [6.07, 6.45) is -0.124. The molecule has 0 saturated carbocycles. The maximum absolute atomic E-state index is 13.2. The minimum atomic E-state index is -0.578. The number of piperazine rings is 1. The molecule has 2 aliphatic heterocycles. The van der Waals surface area contributed by atoms with Crippen LogP contribution < -0.4 is 4.74 Å². The highest BCUT2D eigenvalue weighted by Gasteiger charge is 2.35. The highest BCUT2D eigenvalue weighted by atomic mass is 16.6. The number of rotatable bonds is 6. The Morgan fingerprint density at radius 2 is 1.47 bits per heavy atom. The maximum atomic E-state index is 13.2. The Bertz CT molecular complexity index is 1100. The molecule has 1 amide bonds. The lowest BCUT2D eigenvalue weighted by Crippen LogP contribution is -2.52. The Morgan fingerprint density at radius 1 is 0.882 bits per heavy atom. The number of benzene rings is 3. The lowest BCUT2D eigenvalue weighted by Gasteiger charge is -2.40. The van der Waals surface area contributed by atoms with Crippen LogP contribution in [-0.2, 0) is 9.63 Å². The summed E-state index contributed by atoms with van der Waals surface area (Å²) in [6.45, 7) is 2.93. The van der Waals surface area contributed by atoms with E-state index in [1.807, 2.05) is 41.3 Å². The summed E-state index contributed by atoms with van der Waals surface area (Å²) in [5.41, 5.74) is 4.16. The SMILES string of the molecule is COc1ccccc1C1=NO[C@H](C(=O)N2CCN(C(c3ccccc3)c3ccccc3)CC2)C1. The molecule has 1 atom stereocenters. The van der Waals surface area contributed by atoms with Gasteiger partial charge in [-0.25, -0.2) is 0 Å². The highest BCUT2D eigenvalue weighted by molar-refractivity contribution is 6.05. The van der Waals surface area contributed by atoms with Gasteiger partial charge in [-0.3, -0.25) is 9.69 Å². The number of ether oxygens (including phenoxy) is 1. The van der Waals surface area contributed by atoms with Crippen molar-refractivity contribution in [1.29, 1.82) is 0 Å². The van der Waals surface area contributed by atoms with Crippen molar-refractivity contribution in [2.45, 2.75) is 18.6 Å². The van der Waals surface area contributed by atoms with Gasteiger partial charge in [0.25, 0.3) is 5.91 Å². The van der Waals surface area contributed by atoms with Gasteiger partial charge in [0.1, 0.15) is 5.75 Å². The van der Waals surface area contributed by atoms with Gasteiger partial charge in [0.15, 0.2) is 0 Å². The first kappa shape index (κ1) is 22.2. The first-order valence-corrected chi connectivity index (χ1v) is 11.7. The molecule has 0 aliphatic carbocycles. The van der Waals surface area contributed by atoms with Crippen LogP contribution in [0.2, 0.25) is 0 Å². The van der Waals surface area contributed by atoms with Gasteiger partial charge in [0.2, 0.25) is 6.10 Å². The van der Waals surface area contributed by atoms with Gasteiger partial charge in [-0.05, 0) is 23.3 Å². The average molecular weight is 456 g/mol. The fourth-order valence-electron chi connectivity index (χ4n) is 4.84. The number of carbonyl (C=O) groups is 1. The minimum Gasteiger partial charge on any atom is -0.496 e. The molecule has 0 bridgehead atoms. The van der Waals surface area contributed by atoms with Gasteiger partial charge >= 0.3 is 0 Å². The summed E-state index contributed by atoms with van der Waals surface area (Å²) in [6, 6.07) is 29.0. The second kappa shape index (κ2) is 10.1. The number of hydrogen-bond acceptors (Lipinski definition) is 5. The first-order valence-electron chi connectivity index (χ1n) is 11.7. The molecule has 5 rings (SSSR count). The van der Waals surface area contributed by atoms with Crippen LogP contribution in [0.15, 0.2) is 90.1 Å². The molecule has 0 unspecified atom stereocenters. The number of amides is 1. The van der Waals surface area contributed by atoms with Crippen molar-refractivity contribution in [3.05, 3.63) is 102 Å². The van der Waals surface area contributed by atoms with Crippen molar-refractivity contribution in [3.63, 3.8) is 0 Å². The molecule has 174 valence electrons. The van der Waals surface area contributed by atoms with Crippen LogP contribution in [0.4, 0.5) is 0 Å². The predicted molar refractivity (Wildman–Crippen MR) is 132 cm³/mol. The van der Waals surface area contributed by atoms with E-state index in [1.165, 1.54) is 11.1 Å². The second-order valence-electron chi connectivity index (χ2n) is 8.62. The third-order valence-corrected chi connectivity index (χ3v) is 6.58. The van der Waals surface area contributed by atoms with Gasteiger partial charge in [-0.1, -0.05) is 78.0 Å². The maximum Gasteiger partial charge on any atom is 0.266 e. The molecule has 0 aromatic heterocycles. The van der Waals surface area contributed by atoms with Gasteiger partial charge in [-0.15, -0.1) is 0 Å². The lowest BCUT2D eigenvalue weighted by atomic mass is 9.96. The number of methoxy groups -OCH3 is 1. The number of para-hydroxylation sites is 1. The Labute approximate surface area is 200 Å². The molecule has 0 radical (unpaired) electrons. The fraction of sp³-hybridized carbons (Fsp3) is 0.286. The van der Waals surface area contributed by atoms with E-state index in [9.17, 15) is 4.79 Å². The van der Waals surface area contributed by atoms with Crippen LogP contribution in [-0.4, -0.2) is 60.8 Å². The van der Waals surface area contributed by atoms with Crippen LogP contribution >= 0.6 is 0 Å². The quantitative estimate of drug-likeness (QED) is 0.561. The molecule has 2 aliphatic rings. The van der Waals surface area contributed by atoms with Crippen LogP contribution in [0.5, 0.6) is 5.75 Å². The van der Waals surface area contributed by atoms with Crippen molar-refractivity contribution in [2.75, 3.05) is 33.3 Å². The second-order valence-corrected chi connectivity index (χ2v) is 8.62. The molecule has 0 N–H and O–H groups in total. The van der Waals surface area contributed by atoms with Gasteiger partial charge < -0.3 is 14.5 Å². The summed E-state index contributed by atoms with van der Waals surface area (Å²) in [4.78, 5) is 23.2. The summed E-state index contributed by atoms with van der Waals surface area (Å²) in [7, 11) is 1.63. The van der Waals surface area contributed by atoms with E-state index in [-0.39, 0.29) is 11.9 Å². The number of hydrogen-bond donors (Lipinski definition) is 0. The molecule has 3 aromatic carbocycles. The molecule has 0 spiro atoms. The predicted octanol–water partition coefficient (Wildman–Crippen LogP) is 4.12. The molecule has 1 saturated heterocycles. The molecule has 34 heavy (non-hydrogen) atoms. The summed E-state index contributed by atoms with van der Waals surface area (Å²) >= 11 is 0. The topological polar surface area (TPSA) is 54.4 Å². The van der Waals surface area contributed by atoms with Crippen molar-refractivity contribution in [2.24, 2.45) is 5.16 Å². The largest absolute Gasteiger partial charge is 0.496 e. The molecule has 3 aromatic rings. The molecule has 1 fully saturated rings. The van der Waals surface area contributed by atoms with E-state index in [1.54, 1.807) is 7.11 Å². The summed E-state index contributed by atoms with van der Waals surface area (Å²) in [5, 5.41) is 4.21. The molecule has 6 heteroatoms. The molecular weight excluding hydrogens is 426 g/mol. The standard InChI is InChI=1S/C28H29N3O3/c1-33-25-15-9-8-14-23(25)24-20-26(34-29-24)28(32)31-18-16-30(17-19-31)27(21-10-4-2-5-11-21)22-12-6-3-7-13-22/h2-15,26-27H,16-20H2,1H3/t26-/m0/s1.